The summed E-state index contributed by atoms with van der Waals surface area (Å²) in [6.07, 6.45) is 2.01. The number of aromatic nitrogens is 1. The van der Waals surface area contributed by atoms with E-state index in [1.54, 1.807) is 7.11 Å². The first-order valence-corrected chi connectivity index (χ1v) is 3.82. The van der Waals surface area contributed by atoms with Gasteiger partial charge >= 0.3 is 0 Å². The van der Waals surface area contributed by atoms with E-state index in [0.717, 1.165) is 12.3 Å². The molecule has 2 nitrogen and oxygen atoms in total. The summed E-state index contributed by atoms with van der Waals surface area (Å²) in [5.41, 5.74) is 1.26. The monoisotopic (exact) mass is 152 g/mol. The summed E-state index contributed by atoms with van der Waals surface area (Å²) in [5, 5.41) is 0. The van der Waals surface area contributed by atoms with Crippen molar-refractivity contribution >= 4 is 0 Å². The van der Waals surface area contributed by atoms with Gasteiger partial charge in [0.05, 0.1) is 7.11 Å². The van der Waals surface area contributed by atoms with Crippen molar-refractivity contribution < 1.29 is 9.30 Å². The molecule has 0 fully saturated rings. The minimum Gasteiger partial charge on any atom is -0.491 e. The van der Waals surface area contributed by atoms with Crippen molar-refractivity contribution in [1.29, 1.82) is 0 Å². The van der Waals surface area contributed by atoms with E-state index >= 15 is 0 Å². The van der Waals surface area contributed by atoms with Crippen LogP contribution in [0.15, 0.2) is 18.3 Å². The molecule has 0 atom stereocenters. The molecule has 0 saturated carbocycles. The van der Waals surface area contributed by atoms with E-state index in [9.17, 15) is 0 Å². The highest BCUT2D eigenvalue weighted by Crippen LogP contribution is 2.05. The molecule has 1 aromatic rings. The van der Waals surface area contributed by atoms with Gasteiger partial charge in [-0.15, -0.1) is 0 Å². The summed E-state index contributed by atoms with van der Waals surface area (Å²) in [6, 6.07) is 4.03. The molecule has 0 aromatic carbocycles. The molecule has 0 amide bonds. The van der Waals surface area contributed by atoms with Crippen LogP contribution in [-0.4, -0.2) is 7.11 Å². The number of aryl methyl sites for hydroxylation is 2. The number of nitrogens with zero attached hydrogens (tertiary/aromatic N) is 1. The van der Waals surface area contributed by atoms with Crippen molar-refractivity contribution in [2.45, 2.75) is 20.4 Å². The minimum atomic E-state index is 0.914. The molecular formula is C9H14NO+. The minimum absolute atomic E-state index is 0.914. The number of pyridine rings is 1. The number of ether oxygens (including phenoxy) is 1. The lowest BCUT2D eigenvalue weighted by atomic mass is 10.3. The first kappa shape index (κ1) is 8.05. The van der Waals surface area contributed by atoms with E-state index in [-0.39, 0.29) is 0 Å². The van der Waals surface area contributed by atoms with E-state index in [1.165, 1.54) is 5.69 Å². The van der Waals surface area contributed by atoms with Crippen molar-refractivity contribution in [1.82, 2.24) is 0 Å². The predicted molar refractivity (Wildman–Crippen MR) is 43.6 cm³/mol. The fourth-order valence-corrected chi connectivity index (χ4v) is 1.06. The third-order valence-electron chi connectivity index (χ3n) is 1.80. The molecule has 0 aliphatic rings. The SMILES string of the molecule is CC[n+]1cc(OC)ccc1C. The zero-order chi connectivity index (χ0) is 8.27. The van der Waals surface area contributed by atoms with Crippen LogP contribution in [0, 0.1) is 6.92 Å². The van der Waals surface area contributed by atoms with Gasteiger partial charge in [0.15, 0.2) is 11.4 Å². The summed E-state index contributed by atoms with van der Waals surface area (Å²) >= 11 is 0. The lowest BCUT2D eigenvalue weighted by Crippen LogP contribution is -2.35. The number of hydrogen-bond donors (Lipinski definition) is 0. The van der Waals surface area contributed by atoms with E-state index in [0.29, 0.717) is 0 Å². The Balaban J connectivity index is 3.02. The van der Waals surface area contributed by atoms with Crippen molar-refractivity contribution in [3.05, 3.63) is 24.0 Å². The van der Waals surface area contributed by atoms with Crippen LogP contribution in [0.4, 0.5) is 0 Å². The first-order valence-electron chi connectivity index (χ1n) is 3.82. The van der Waals surface area contributed by atoms with Crippen molar-refractivity contribution in [2.24, 2.45) is 0 Å². The van der Waals surface area contributed by atoms with E-state index in [1.807, 2.05) is 12.3 Å². The Kier molecular flexibility index (Phi) is 2.47. The lowest BCUT2D eigenvalue weighted by molar-refractivity contribution is -0.699. The van der Waals surface area contributed by atoms with Gasteiger partial charge in [-0.1, -0.05) is 0 Å². The average Bonchev–Trinajstić information content (AvgIpc) is 2.05. The standard InChI is InChI=1S/C9H14NO/c1-4-10-7-9(11-3)6-5-8(10)2/h5-7H,4H2,1-3H3/q+1. The molecule has 0 aliphatic heterocycles. The Hall–Kier alpha value is -1.05. The van der Waals surface area contributed by atoms with Crippen LogP contribution in [0.1, 0.15) is 12.6 Å². The van der Waals surface area contributed by atoms with Crippen LogP contribution in [0.5, 0.6) is 5.75 Å². The highest BCUT2D eigenvalue weighted by molar-refractivity contribution is 5.14. The van der Waals surface area contributed by atoms with Gasteiger partial charge in [0.1, 0.15) is 6.54 Å². The van der Waals surface area contributed by atoms with Crippen LogP contribution in [0.3, 0.4) is 0 Å². The Morgan fingerprint density at radius 2 is 2.18 bits per heavy atom. The molecule has 1 heterocycles. The molecule has 2 heteroatoms. The Morgan fingerprint density at radius 1 is 1.45 bits per heavy atom. The molecule has 0 saturated heterocycles. The van der Waals surface area contributed by atoms with E-state index in [4.69, 9.17) is 4.74 Å². The molecule has 11 heavy (non-hydrogen) atoms. The second kappa shape index (κ2) is 3.37. The summed E-state index contributed by atoms with van der Waals surface area (Å²) in [4.78, 5) is 0. The van der Waals surface area contributed by atoms with E-state index < -0.39 is 0 Å². The summed E-state index contributed by atoms with van der Waals surface area (Å²) in [5.74, 6) is 0.914. The quantitative estimate of drug-likeness (QED) is 0.582. The van der Waals surface area contributed by atoms with Gasteiger partial charge in [-0.3, -0.25) is 0 Å². The Bertz CT molecular complexity index is 245. The lowest BCUT2D eigenvalue weighted by Gasteiger charge is -1.99. The van der Waals surface area contributed by atoms with Gasteiger partial charge in [0.25, 0.3) is 0 Å². The van der Waals surface area contributed by atoms with Gasteiger partial charge in [0.2, 0.25) is 6.20 Å². The third kappa shape index (κ3) is 1.70. The Morgan fingerprint density at radius 3 is 2.73 bits per heavy atom. The fourth-order valence-electron chi connectivity index (χ4n) is 1.06. The summed E-state index contributed by atoms with van der Waals surface area (Å²) < 4.78 is 7.24. The first-order chi connectivity index (χ1) is 5.27. The van der Waals surface area contributed by atoms with Crippen molar-refractivity contribution in [3.8, 4) is 5.75 Å². The molecule has 0 N–H and O–H groups in total. The zero-order valence-electron chi connectivity index (χ0n) is 7.29. The fraction of sp³-hybridized carbons (Fsp3) is 0.444. The second-order valence-corrected chi connectivity index (χ2v) is 2.50. The van der Waals surface area contributed by atoms with Crippen LogP contribution in [0.25, 0.3) is 0 Å². The van der Waals surface area contributed by atoms with Gasteiger partial charge in [-0.25, -0.2) is 0 Å². The molecule has 60 valence electrons. The highest BCUT2D eigenvalue weighted by Gasteiger charge is 2.03. The summed E-state index contributed by atoms with van der Waals surface area (Å²) in [7, 11) is 1.69. The topological polar surface area (TPSA) is 13.1 Å². The van der Waals surface area contributed by atoms with Gasteiger partial charge in [0, 0.05) is 13.0 Å². The summed E-state index contributed by atoms with van der Waals surface area (Å²) in [6.45, 7) is 5.19. The normalized spacial score (nSPS) is 9.73. The maximum Gasteiger partial charge on any atom is 0.211 e. The van der Waals surface area contributed by atoms with Crippen LogP contribution in [-0.2, 0) is 6.54 Å². The molecule has 1 aromatic heterocycles. The average molecular weight is 152 g/mol. The van der Waals surface area contributed by atoms with Crippen LogP contribution in [0.2, 0.25) is 0 Å². The third-order valence-corrected chi connectivity index (χ3v) is 1.80. The Labute approximate surface area is 67.4 Å². The van der Waals surface area contributed by atoms with Crippen LogP contribution < -0.4 is 9.30 Å². The van der Waals surface area contributed by atoms with E-state index in [2.05, 4.69) is 24.5 Å². The maximum absolute atomic E-state index is 5.09. The number of methoxy groups -OCH3 is 1. The van der Waals surface area contributed by atoms with Gasteiger partial charge in [-0.05, 0) is 13.0 Å². The maximum atomic E-state index is 5.09. The molecule has 0 radical (unpaired) electrons. The zero-order valence-corrected chi connectivity index (χ0v) is 7.29. The molecule has 0 unspecified atom stereocenters. The molecule has 0 aliphatic carbocycles. The van der Waals surface area contributed by atoms with Gasteiger partial charge < -0.3 is 4.74 Å². The second-order valence-electron chi connectivity index (χ2n) is 2.50. The van der Waals surface area contributed by atoms with Gasteiger partial charge in [-0.2, -0.15) is 4.57 Å². The van der Waals surface area contributed by atoms with Crippen molar-refractivity contribution in [2.75, 3.05) is 7.11 Å². The van der Waals surface area contributed by atoms with Crippen molar-refractivity contribution in [3.63, 3.8) is 0 Å². The number of hydrogen-bond acceptors (Lipinski definition) is 1. The molecule has 1 rings (SSSR count). The molecule has 0 bridgehead atoms. The highest BCUT2D eigenvalue weighted by atomic mass is 16.5. The van der Waals surface area contributed by atoms with Crippen LogP contribution >= 0.6 is 0 Å². The smallest absolute Gasteiger partial charge is 0.211 e. The molecule has 0 spiro atoms. The largest absolute Gasteiger partial charge is 0.491 e. The predicted octanol–water partition coefficient (Wildman–Crippen LogP) is 1.31. The molecular weight excluding hydrogens is 138 g/mol. The number of rotatable bonds is 2.